The van der Waals surface area contributed by atoms with Crippen LogP contribution in [0.5, 0.6) is 0 Å². The van der Waals surface area contributed by atoms with E-state index in [2.05, 4.69) is 10.2 Å². The van der Waals surface area contributed by atoms with Crippen LogP contribution in [0.25, 0.3) is 0 Å². The molecule has 1 fully saturated rings. The summed E-state index contributed by atoms with van der Waals surface area (Å²) in [5.74, 6) is -0.0579. The number of ether oxygens (including phenoxy) is 2. The lowest BCUT2D eigenvalue weighted by Gasteiger charge is -2.26. The normalized spacial score (nSPS) is 17.4. The highest BCUT2D eigenvalue weighted by Gasteiger charge is 2.12. The molecule has 5 nitrogen and oxygen atoms in total. The topological polar surface area (TPSA) is 50.8 Å². The summed E-state index contributed by atoms with van der Waals surface area (Å²) in [4.78, 5) is 14.4. The highest BCUT2D eigenvalue weighted by Crippen LogP contribution is 2.09. The molecule has 21 heavy (non-hydrogen) atoms. The number of rotatable bonds is 6. The van der Waals surface area contributed by atoms with Gasteiger partial charge in [0, 0.05) is 38.3 Å². The zero-order valence-electron chi connectivity index (χ0n) is 12.8. The molecule has 0 unspecified atom stereocenters. The third kappa shape index (κ3) is 5.12. The molecule has 0 aromatic heterocycles. The van der Waals surface area contributed by atoms with Gasteiger partial charge in [0.15, 0.2) is 0 Å². The quantitative estimate of drug-likeness (QED) is 0.858. The molecule has 5 heteroatoms. The van der Waals surface area contributed by atoms with Crippen molar-refractivity contribution in [1.29, 1.82) is 0 Å². The van der Waals surface area contributed by atoms with Gasteiger partial charge in [-0.05, 0) is 24.6 Å². The van der Waals surface area contributed by atoms with Crippen LogP contribution in [0.3, 0.4) is 0 Å². The number of morpholine rings is 1. The fourth-order valence-corrected chi connectivity index (χ4v) is 2.38. The first-order chi connectivity index (χ1) is 10.2. The standard InChI is InChI=1S/C16H24N2O3/c1-13(12-20-2)17-16(19)15-5-3-14(4-6-15)11-18-7-9-21-10-8-18/h3-6,13H,7-12H2,1-2H3,(H,17,19)/t13-/m1/s1. The van der Waals surface area contributed by atoms with Gasteiger partial charge in [0.1, 0.15) is 0 Å². The first kappa shape index (κ1) is 15.9. The molecule has 1 aromatic rings. The summed E-state index contributed by atoms with van der Waals surface area (Å²) < 4.78 is 10.4. The summed E-state index contributed by atoms with van der Waals surface area (Å²) in [7, 11) is 1.63. The monoisotopic (exact) mass is 292 g/mol. The summed E-state index contributed by atoms with van der Waals surface area (Å²) in [6.07, 6.45) is 0. The third-order valence-electron chi connectivity index (χ3n) is 3.52. The van der Waals surface area contributed by atoms with Gasteiger partial charge in [-0.3, -0.25) is 9.69 Å². The molecule has 1 amide bonds. The van der Waals surface area contributed by atoms with E-state index in [9.17, 15) is 4.79 Å². The molecular formula is C16H24N2O3. The molecule has 1 aliphatic rings. The van der Waals surface area contributed by atoms with Crippen molar-refractivity contribution in [2.75, 3.05) is 40.0 Å². The van der Waals surface area contributed by atoms with Crippen molar-refractivity contribution in [3.05, 3.63) is 35.4 Å². The molecule has 1 saturated heterocycles. The molecule has 2 rings (SSSR count). The third-order valence-corrected chi connectivity index (χ3v) is 3.52. The predicted octanol–water partition coefficient (Wildman–Crippen LogP) is 1.28. The van der Waals surface area contributed by atoms with E-state index in [4.69, 9.17) is 9.47 Å². The SMILES string of the molecule is COC[C@@H](C)NC(=O)c1ccc(CN2CCOCC2)cc1. The Kier molecular flexibility index (Phi) is 6.17. The summed E-state index contributed by atoms with van der Waals surface area (Å²) in [5.41, 5.74) is 1.90. The smallest absolute Gasteiger partial charge is 0.251 e. The number of carbonyl (C=O) groups excluding carboxylic acids is 1. The Balaban J connectivity index is 1.87. The van der Waals surface area contributed by atoms with Gasteiger partial charge in [0.2, 0.25) is 0 Å². The average molecular weight is 292 g/mol. The van der Waals surface area contributed by atoms with Crippen LogP contribution in [0.15, 0.2) is 24.3 Å². The fraction of sp³-hybridized carbons (Fsp3) is 0.562. The summed E-state index contributed by atoms with van der Waals surface area (Å²) in [6, 6.07) is 7.81. The number of benzene rings is 1. The second kappa shape index (κ2) is 8.12. The molecule has 0 bridgehead atoms. The Labute approximate surface area is 126 Å². The number of hydrogen-bond donors (Lipinski definition) is 1. The molecule has 1 heterocycles. The van der Waals surface area contributed by atoms with Crippen LogP contribution in [-0.4, -0.2) is 56.9 Å². The second-order valence-corrected chi connectivity index (χ2v) is 5.42. The van der Waals surface area contributed by atoms with Gasteiger partial charge in [-0.2, -0.15) is 0 Å². The molecule has 1 aromatic carbocycles. The first-order valence-electron chi connectivity index (χ1n) is 7.38. The van der Waals surface area contributed by atoms with E-state index in [1.165, 1.54) is 5.56 Å². The van der Waals surface area contributed by atoms with E-state index >= 15 is 0 Å². The van der Waals surface area contributed by atoms with Gasteiger partial charge in [-0.25, -0.2) is 0 Å². The van der Waals surface area contributed by atoms with Crippen molar-refractivity contribution in [3.63, 3.8) is 0 Å². The van der Waals surface area contributed by atoms with Crippen LogP contribution < -0.4 is 5.32 Å². The van der Waals surface area contributed by atoms with Gasteiger partial charge in [0.25, 0.3) is 5.91 Å². The summed E-state index contributed by atoms with van der Waals surface area (Å²) in [6.45, 7) is 6.89. The van der Waals surface area contributed by atoms with Crippen LogP contribution in [0.1, 0.15) is 22.8 Å². The zero-order valence-corrected chi connectivity index (χ0v) is 12.8. The van der Waals surface area contributed by atoms with Crippen molar-refractivity contribution in [2.45, 2.75) is 19.5 Å². The number of carbonyl (C=O) groups is 1. The molecular weight excluding hydrogens is 268 g/mol. The number of nitrogens with one attached hydrogen (secondary N) is 1. The molecule has 0 spiro atoms. The average Bonchev–Trinajstić information content (AvgIpc) is 2.49. The lowest BCUT2D eigenvalue weighted by atomic mass is 10.1. The maximum Gasteiger partial charge on any atom is 0.251 e. The number of hydrogen-bond acceptors (Lipinski definition) is 4. The Morgan fingerprint density at radius 2 is 2.00 bits per heavy atom. The van der Waals surface area contributed by atoms with E-state index in [0.29, 0.717) is 12.2 Å². The van der Waals surface area contributed by atoms with Crippen LogP contribution in [0.2, 0.25) is 0 Å². The van der Waals surface area contributed by atoms with E-state index in [-0.39, 0.29) is 11.9 Å². The maximum atomic E-state index is 12.0. The van der Waals surface area contributed by atoms with Crippen molar-refractivity contribution >= 4 is 5.91 Å². The van der Waals surface area contributed by atoms with Crippen LogP contribution in [0, 0.1) is 0 Å². The lowest BCUT2D eigenvalue weighted by Crippen LogP contribution is -2.36. The maximum absolute atomic E-state index is 12.0. The number of amides is 1. The number of methoxy groups -OCH3 is 1. The Morgan fingerprint density at radius 1 is 1.33 bits per heavy atom. The van der Waals surface area contributed by atoms with Gasteiger partial charge in [-0.1, -0.05) is 12.1 Å². The van der Waals surface area contributed by atoms with Crippen molar-refractivity contribution in [2.24, 2.45) is 0 Å². The lowest BCUT2D eigenvalue weighted by molar-refractivity contribution is 0.0342. The Morgan fingerprint density at radius 3 is 2.62 bits per heavy atom. The van der Waals surface area contributed by atoms with Gasteiger partial charge >= 0.3 is 0 Å². The van der Waals surface area contributed by atoms with Gasteiger partial charge < -0.3 is 14.8 Å². The summed E-state index contributed by atoms with van der Waals surface area (Å²) >= 11 is 0. The highest BCUT2D eigenvalue weighted by atomic mass is 16.5. The molecule has 0 radical (unpaired) electrons. The van der Waals surface area contributed by atoms with E-state index in [1.54, 1.807) is 7.11 Å². The molecule has 1 N–H and O–H groups in total. The van der Waals surface area contributed by atoms with Crippen molar-refractivity contribution in [3.8, 4) is 0 Å². The van der Waals surface area contributed by atoms with Crippen LogP contribution in [0.4, 0.5) is 0 Å². The predicted molar refractivity (Wildman–Crippen MR) is 81.3 cm³/mol. The molecule has 0 saturated carbocycles. The Hall–Kier alpha value is -1.43. The van der Waals surface area contributed by atoms with Gasteiger partial charge in [0.05, 0.1) is 19.8 Å². The van der Waals surface area contributed by atoms with E-state index in [0.717, 1.165) is 32.8 Å². The van der Waals surface area contributed by atoms with Crippen molar-refractivity contribution in [1.82, 2.24) is 10.2 Å². The minimum atomic E-state index is -0.0579. The minimum Gasteiger partial charge on any atom is -0.383 e. The van der Waals surface area contributed by atoms with Gasteiger partial charge in [-0.15, -0.1) is 0 Å². The Bertz CT molecular complexity index is 441. The molecule has 1 aliphatic heterocycles. The molecule has 1 atom stereocenters. The molecule has 0 aliphatic carbocycles. The minimum absolute atomic E-state index is 0.00975. The summed E-state index contributed by atoms with van der Waals surface area (Å²) in [5, 5.41) is 2.91. The first-order valence-corrected chi connectivity index (χ1v) is 7.38. The fourth-order valence-electron chi connectivity index (χ4n) is 2.38. The van der Waals surface area contributed by atoms with Crippen LogP contribution in [-0.2, 0) is 16.0 Å². The highest BCUT2D eigenvalue weighted by molar-refractivity contribution is 5.94. The largest absolute Gasteiger partial charge is 0.383 e. The molecule has 116 valence electrons. The van der Waals surface area contributed by atoms with E-state index in [1.807, 2.05) is 31.2 Å². The van der Waals surface area contributed by atoms with E-state index < -0.39 is 0 Å². The van der Waals surface area contributed by atoms with Crippen LogP contribution >= 0.6 is 0 Å². The second-order valence-electron chi connectivity index (χ2n) is 5.42. The zero-order chi connectivity index (χ0) is 15.1. The number of nitrogens with zero attached hydrogens (tertiary/aromatic N) is 1. The van der Waals surface area contributed by atoms with Crippen molar-refractivity contribution < 1.29 is 14.3 Å².